The van der Waals surface area contributed by atoms with Crippen molar-refractivity contribution in [2.45, 2.75) is 39.8 Å². The average Bonchev–Trinajstić information content (AvgIpc) is 2.74. The Morgan fingerprint density at radius 3 is 2.75 bits per heavy atom. The average molecular weight is 476 g/mol. The van der Waals surface area contributed by atoms with Gasteiger partial charge >= 0.3 is 11.6 Å². The molecule has 0 saturated heterocycles. The summed E-state index contributed by atoms with van der Waals surface area (Å²) in [7, 11) is 0. The number of carbonyl (C=O) groups is 1. The molecular formula is C24H23Cl2NO5. The number of halogens is 2. The zero-order valence-corrected chi connectivity index (χ0v) is 19.4. The Morgan fingerprint density at radius 1 is 1.19 bits per heavy atom. The molecule has 2 heterocycles. The molecule has 0 fully saturated rings. The number of hydrogen-bond donors (Lipinski definition) is 0. The van der Waals surface area contributed by atoms with Crippen LogP contribution in [0.2, 0.25) is 10.0 Å². The van der Waals surface area contributed by atoms with Gasteiger partial charge in [0.05, 0.1) is 12.2 Å². The number of nitrogens with zero attached hydrogens (tertiary/aromatic N) is 1. The fourth-order valence-electron chi connectivity index (χ4n) is 3.96. The largest absolute Gasteiger partial charge is 0.477 e. The van der Waals surface area contributed by atoms with Crippen molar-refractivity contribution >= 4 is 40.1 Å². The molecule has 1 aliphatic heterocycles. The van der Waals surface area contributed by atoms with Gasteiger partial charge in [-0.2, -0.15) is 0 Å². The van der Waals surface area contributed by atoms with Crippen molar-refractivity contribution in [3.63, 3.8) is 0 Å². The van der Waals surface area contributed by atoms with Crippen LogP contribution in [0.25, 0.3) is 11.0 Å². The third-order valence-corrected chi connectivity index (χ3v) is 6.04. The predicted molar refractivity (Wildman–Crippen MR) is 123 cm³/mol. The van der Waals surface area contributed by atoms with Gasteiger partial charge < -0.3 is 13.9 Å². The number of aryl methyl sites for hydroxylation is 2. The maximum absolute atomic E-state index is 12.1. The number of fused-ring (bicyclic) bond motifs is 3. The number of esters is 1. The second kappa shape index (κ2) is 9.53. The summed E-state index contributed by atoms with van der Waals surface area (Å²) in [6.45, 7) is 5.38. The van der Waals surface area contributed by atoms with Gasteiger partial charge in [0.2, 0.25) is 0 Å². The minimum Gasteiger partial charge on any atom is -0.477 e. The van der Waals surface area contributed by atoms with Gasteiger partial charge in [0.15, 0.2) is 0 Å². The van der Waals surface area contributed by atoms with E-state index in [-0.39, 0.29) is 12.4 Å². The monoisotopic (exact) mass is 475 g/mol. The van der Waals surface area contributed by atoms with Crippen molar-refractivity contribution < 1.29 is 18.7 Å². The second-order valence-electron chi connectivity index (χ2n) is 7.77. The summed E-state index contributed by atoms with van der Waals surface area (Å²) in [5.41, 5.74) is 3.52. The number of rotatable bonds is 6. The lowest BCUT2D eigenvalue weighted by Gasteiger charge is -2.31. The molecule has 4 rings (SSSR count). The molecule has 0 N–H and O–H groups in total. The zero-order valence-electron chi connectivity index (χ0n) is 17.9. The van der Waals surface area contributed by atoms with Crippen LogP contribution in [0.5, 0.6) is 5.75 Å². The van der Waals surface area contributed by atoms with E-state index >= 15 is 0 Å². The summed E-state index contributed by atoms with van der Waals surface area (Å²) in [5.74, 6) is 0.404. The minimum absolute atomic E-state index is 0.245. The van der Waals surface area contributed by atoms with E-state index in [4.69, 9.17) is 37.1 Å². The number of carbonyl (C=O) groups excluding carboxylic acids is 1. The molecule has 0 aliphatic carbocycles. The maximum atomic E-state index is 12.1. The normalized spacial score (nSPS) is 13.6. The Kier molecular flexibility index (Phi) is 6.74. The molecule has 1 aliphatic rings. The Hall–Kier alpha value is -2.54. The van der Waals surface area contributed by atoms with Crippen LogP contribution >= 0.6 is 23.2 Å². The van der Waals surface area contributed by atoms with E-state index in [0.29, 0.717) is 54.2 Å². The third kappa shape index (κ3) is 4.77. The van der Waals surface area contributed by atoms with Gasteiger partial charge in [-0.05, 0) is 55.2 Å². The summed E-state index contributed by atoms with van der Waals surface area (Å²) in [5, 5.41) is 1.99. The van der Waals surface area contributed by atoms with Crippen LogP contribution < -0.4 is 10.4 Å². The standard InChI is InChI=1S/C24H23Cl2NO5/c1-3-30-21(28)7-5-15-9-18-14(2)8-22(29)32-24(18)19-12-27(13-31-23(15)19)11-16-4-6-17(25)10-20(16)26/h4,6,8-10H,3,5,7,11-13H2,1-2H3. The van der Waals surface area contributed by atoms with Crippen LogP contribution in [-0.2, 0) is 29.0 Å². The Balaban J connectivity index is 1.71. The highest BCUT2D eigenvalue weighted by Gasteiger charge is 2.26. The summed E-state index contributed by atoms with van der Waals surface area (Å²) >= 11 is 12.4. The van der Waals surface area contributed by atoms with Gasteiger partial charge in [-0.3, -0.25) is 9.69 Å². The summed E-state index contributed by atoms with van der Waals surface area (Å²) < 4.78 is 16.8. The van der Waals surface area contributed by atoms with Crippen LogP contribution in [0.1, 0.15) is 35.6 Å². The van der Waals surface area contributed by atoms with Gasteiger partial charge in [0, 0.05) is 41.0 Å². The molecule has 8 heteroatoms. The van der Waals surface area contributed by atoms with Crippen molar-refractivity contribution in [1.29, 1.82) is 0 Å². The lowest BCUT2D eigenvalue weighted by Crippen LogP contribution is -2.32. The first-order valence-electron chi connectivity index (χ1n) is 10.4. The third-order valence-electron chi connectivity index (χ3n) is 5.45. The molecule has 168 valence electrons. The molecule has 0 unspecified atom stereocenters. The highest BCUT2D eigenvalue weighted by atomic mass is 35.5. The fourth-order valence-corrected chi connectivity index (χ4v) is 4.42. The molecule has 2 aromatic carbocycles. The van der Waals surface area contributed by atoms with Crippen molar-refractivity contribution in [1.82, 2.24) is 4.90 Å². The minimum atomic E-state index is -0.408. The SMILES string of the molecule is CCOC(=O)CCc1cc2c(C)cc(=O)oc2c2c1OCN(Cc1ccc(Cl)cc1Cl)C2. The van der Waals surface area contributed by atoms with E-state index in [0.717, 1.165) is 27.6 Å². The van der Waals surface area contributed by atoms with Crippen LogP contribution in [0.3, 0.4) is 0 Å². The number of benzene rings is 2. The summed E-state index contributed by atoms with van der Waals surface area (Å²) in [4.78, 5) is 26.1. The van der Waals surface area contributed by atoms with Crippen molar-refractivity contribution in [2.24, 2.45) is 0 Å². The van der Waals surface area contributed by atoms with E-state index < -0.39 is 5.63 Å². The molecule has 32 heavy (non-hydrogen) atoms. The highest BCUT2D eigenvalue weighted by molar-refractivity contribution is 6.35. The molecule has 1 aromatic heterocycles. The predicted octanol–water partition coefficient (Wildman–Crippen LogP) is 5.26. The molecule has 0 amide bonds. The fraction of sp³-hybridized carbons (Fsp3) is 0.333. The van der Waals surface area contributed by atoms with Crippen LogP contribution in [0.15, 0.2) is 39.5 Å². The Labute approximate surface area is 195 Å². The van der Waals surface area contributed by atoms with Crippen molar-refractivity contribution in [2.75, 3.05) is 13.3 Å². The Morgan fingerprint density at radius 2 is 2.00 bits per heavy atom. The summed E-state index contributed by atoms with van der Waals surface area (Å²) in [6, 6.07) is 8.81. The zero-order chi connectivity index (χ0) is 22.8. The van der Waals surface area contributed by atoms with E-state index in [9.17, 15) is 9.59 Å². The van der Waals surface area contributed by atoms with E-state index in [1.807, 2.05) is 19.1 Å². The lowest BCUT2D eigenvalue weighted by atomic mass is 9.97. The topological polar surface area (TPSA) is 69.0 Å². The van der Waals surface area contributed by atoms with Crippen LogP contribution in [0.4, 0.5) is 0 Å². The van der Waals surface area contributed by atoms with Gasteiger partial charge in [-0.1, -0.05) is 29.3 Å². The van der Waals surface area contributed by atoms with Gasteiger partial charge in [-0.25, -0.2) is 4.79 Å². The van der Waals surface area contributed by atoms with E-state index in [2.05, 4.69) is 4.90 Å². The van der Waals surface area contributed by atoms with E-state index in [1.54, 1.807) is 19.1 Å². The maximum Gasteiger partial charge on any atom is 0.336 e. The molecular weight excluding hydrogens is 453 g/mol. The molecule has 6 nitrogen and oxygen atoms in total. The van der Waals surface area contributed by atoms with Crippen molar-refractivity contribution in [3.05, 3.63) is 73.1 Å². The first-order valence-corrected chi connectivity index (χ1v) is 11.1. The highest BCUT2D eigenvalue weighted by Crippen LogP contribution is 2.38. The molecule has 0 radical (unpaired) electrons. The van der Waals surface area contributed by atoms with Gasteiger partial charge in [-0.15, -0.1) is 0 Å². The molecule has 0 saturated carbocycles. The first kappa shape index (κ1) is 22.6. The Bertz CT molecular complexity index is 1240. The second-order valence-corrected chi connectivity index (χ2v) is 8.61. The first-order chi connectivity index (χ1) is 15.4. The lowest BCUT2D eigenvalue weighted by molar-refractivity contribution is -0.143. The van der Waals surface area contributed by atoms with Crippen LogP contribution in [-0.4, -0.2) is 24.2 Å². The van der Waals surface area contributed by atoms with Gasteiger partial charge in [0.1, 0.15) is 18.1 Å². The van der Waals surface area contributed by atoms with Crippen LogP contribution in [0, 0.1) is 6.92 Å². The molecule has 3 aromatic rings. The summed E-state index contributed by atoms with van der Waals surface area (Å²) in [6.07, 6.45) is 0.716. The molecule has 0 spiro atoms. The van der Waals surface area contributed by atoms with Gasteiger partial charge in [0.25, 0.3) is 0 Å². The molecule has 0 bridgehead atoms. The number of ether oxygens (including phenoxy) is 2. The quantitative estimate of drug-likeness (QED) is 0.357. The van der Waals surface area contributed by atoms with E-state index in [1.165, 1.54) is 6.07 Å². The van der Waals surface area contributed by atoms with Crippen molar-refractivity contribution in [3.8, 4) is 5.75 Å². The molecule has 0 atom stereocenters. The number of hydrogen-bond acceptors (Lipinski definition) is 6. The smallest absolute Gasteiger partial charge is 0.336 e.